The quantitative estimate of drug-likeness (QED) is 0.888. The van der Waals surface area contributed by atoms with Crippen molar-refractivity contribution in [2.75, 3.05) is 0 Å². The molecule has 15 heavy (non-hydrogen) atoms. The first-order chi connectivity index (χ1) is 7.31. The van der Waals surface area contributed by atoms with Gasteiger partial charge in [0, 0.05) is 33.7 Å². The van der Waals surface area contributed by atoms with E-state index in [-0.39, 0.29) is 0 Å². The molecule has 2 aromatic rings. The summed E-state index contributed by atoms with van der Waals surface area (Å²) in [5, 5.41) is 1.28. The van der Waals surface area contributed by atoms with E-state index in [0.29, 0.717) is 12.6 Å². The summed E-state index contributed by atoms with van der Waals surface area (Å²) in [6.45, 7) is 0.623. The highest BCUT2D eigenvalue weighted by molar-refractivity contribution is 9.10. The minimum Gasteiger partial charge on any atom is -0.340 e. The molecule has 1 heterocycles. The van der Waals surface area contributed by atoms with Gasteiger partial charge in [0.15, 0.2) is 0 Å². The van der Waals surface area contributed by atoms with Gasteiger partial charge in [-0.1, -0.05) is 22.0 Å². The molecule has 78 valence electrons. The van der Waals surface area contributed by atoms with Crippen molar-refractivity contribution in [3.05, 3.63) is 34.4 Å². The second-order valence-corrected chi connectivity index (χ2v) is 4.97. The summed E-state index contributed by atoms with van der Waals surface area (Å²) in [6, 6.07) is 9.25. The third-order valence-corrected chi connectivity index (χ3v) is 3.72. The van der Waals surface area contributed by atoms with Crippen molar-refractivity contribution < 1.29 is 0 Å². The molecule has 0 saturated heterocycles. The summed E-state index contributed by atoms with van der Waals surface area (Å²) in [4.78, 5) is 0. The molecule has 0 amide bonds. The van der Waals surface area contributed by atoms with Gasteiger partial charge < -0.3 is 10.3 Å². The minimum absolute atomic E-state index is 0.623. The number of hydrogen-bond acceptors (Lipinski definition) is 1. The molecule has 0 bridgehead atoms. The fourth-order valence-electron chi connectivity index (χ4n) is 2.19. The number of aromatic nitrogens is 1. The predicted octanol–water partition coefficient (Wildman–Crippen LogP) is 3.20. The van der Waals surface area contributed by atoms with Crippen molar-refractivity contribution in [3.63, 3.8) is 0 Å². The molecule has 3 heteroatoms. The lowest BCUT2D eigenvalue weighted by atomic mass is 10.2. The van der Waals surface area contributed by atoms with E-state index in [2.05, 4.69) is 44.8 Å². The van der Waals surface area contributed by atoms with Gasteiger partial charge in [0.05, 0.1) is 0 Å². The molecule has 1 aliphatic carbocycles. The van der Waals surface area contributed by atoms with Gasteiger partial charge >= 0.3 is 0 Å². The van der Waals surface area contributed by atoms with Gasteiger partial charge in [-0.15, -0.1) is 0 Å². The van der Waals surface area contributed by atoms with E-state index in [1.807, 2.05) is 0 Å². The summed E-state index contributed by atoms with van der Waals surface area (Å²) in [5.74, 6) is 0. The number of rotatable bonds is 2. The lowest BCUT2D eigenvalue weighted by Crippen LogP contribution is -2.05. The van der Waals surface area contributed by atoms with Crippen LogP contribution in [-0.4, -0.2) is 4.57 Å². The Morgan fingerprint density at radius 2 is 2.20 bits per heavy atom. The molecule has 1 saturated carbocycles. The molecular weight excluding hydrogens is 252 g/mol. The monoisotopic (exact) mass is 264 g/mol. The number of benzene rings is 1. The Hall–Kier alpha value is -0.800. The van der Waals surface area contributed by atoms with Crippen molar-refractivity contribution >= 4 is 26.8 Å². The Kier molecular flexibility index (Phi) is 2.11. The van der Waals surface area contributed by atoms with E-state index >= 15 is 0 Å². The van der Waals surface area contributed by atoms with Crippen LogP contribution in [0.2, 0.25) is 0 Å². The molecule has 3 rings (SSSR count). The fraction of sp³-hybridized carbons (Fsp3) is 0.333. The highest BCUT2D eigenvalue weighted by Crippen LogP contribution is 2.40. The number of hydrogen-bond donors (Lipinski definition) is 1. The van der Waals surface area contributed by atoms with Gasteiger partial charge in [0.2, 0.25) is 0 Å². The lowest BCUT2D eigenvalue weighted by molar-refractivity contribution is 0.721. The lowest BCUT2D eigenvalue weighted by Gasteiger charge is -2.07. The third kappa shape index (κ3) is 1.42. The number of nitrogens with two attached hydrogens (primary N) is 1. The summed E-state index contributed by atoms with van der Waals surface area (Å²) >= 11 is 3.59. The zero-order valence-electron chi connectivity index (χ0n) is 8.41. The van der Waals surface area contributed by atoms with E-state index in [1.54, 1.807) is 0 Å². The van der Waals surface area contributed by atoms with E-state index in [1.165, 1.54) is 29.4 Å². The Balaban J connectivity index is 2.33. The summed E-state index contributed by atoms with van der Waals surface area (Å²) < 4.78 is 3.56. The maximum atomic E-state index is 5.79. The van der Waals surface area contributed by atoms with Crippen LogP contribution >= 0.6 is 15.9 Å². The SMILES string of the molecule is NCc1cc2c(Br)cccc2n1C1CC1. The van der Waals surface area contributed by atoms with E-state index in [0.717, 1.165) is 4.47 Å². The van der Waals surface area contributed by atoms with Gasteiger partial charge in [-0.2, -0.15) is 0 Å². The highest BCUT2D eigenvalue weighted by atomic mass is 79.9. The first-order valence-electron chi connectivity index (χ1n) is 5.29. The van der Waals surface area contributed by atoms with Gasteiger partial charge in [-0.05, 0) is 31.0 Å². The number of nitrogens with zero attached hydrogens (tertiary/aromatic N) is 1. The van der Waals surface area contributed by atoms with Crippen LogP contribution in [0.3, 0.4) is 0 Å². The topological polar surface area (TPSA) is 30.9 Å². The Morgan fingerprint density at radius 3 is 2.87 bits per heavy atom. The Morgan fingerprint density at radius 1 is 1.40 bits per heavy atom. The van der Waals surface area contributed by atoms with Gasteiger partial charge in [-0.3, -0.25) is 0 Å². The Bertz CT molecular complexity index is 512. The standard InChI is InChI=1S/C12H13BrN2/c13-11-2-1-3-12-10(11)6-9(7-14)15(12)8-4-5-8/h1-3,6,8H,4-5,7,14H2. The largest absolute Gasteiger partial charge is 0.340 e. The summed E-state index contributed by atoms with van der Waals surface area (Å²) in [6.07, 6.45) is 2.59. The van der Waals surface area contributed by atoms with Crippen molar-refractivity contribution in [1.82, 2.24) is 4.57 Å². The number of fused-ring (bicyclic) bond motifs is 1. The average molecular weight is 265 g/mol. The Labute approximate surface area is 97.2 Å². The molecule has 1 aromatic heterocycles. The normalized spacial score (nSPS) is 16.1. The number of halogens is 1. The maximum absolute atomic E-state index is 5.79. The minimum atomic E-state index is 0.623. The molecule has 0 unspecified atom stereocenters. The first kappa shape index (κ1) is 9.43. The summed E-state index contributed by atoms with van der Waals surface area (Å²) in [7, 11) is 0. The molecule has 0 atom stereocenters. The average Bonchev–Trinajstić information content (AvgIpc) is 3.00. The van der Waals surface area contributed by atoms with Crippen molar-refractivity contribution in [3.8, 4) is 0 Å². The van der Waals surface area contributed by atoms with Crippen LogP contribution in [0, 0.1) is 0 Å². The van der Waals surface area contributed by atoms with Crippen molar-refractivity contribution in [1.29, 1.82) is 0 Å². The van der Waals surface area contributed by atoms with Crippen LogP contribution < -0.4 is 5.73 Å². The molecule has 0 spiro atoms. The smallest absolute Gasteiger partial charge is 0.0497 e. The summed E-state index contributed by atoms with van der Waals surface area (Å²) in [5.41, 5.74) is 8.36. The van der Waals surface area contributed by atoms with Crippen molar-refractivity contribution in [2.45, 2.75) is 25.4 Å². The third-order valence-electron chi connectivity index (χ3n) is 3.03. The zero-order chi connectivity index (χ0) is 10.4. The van der Waals surface area contributed by atoms with Gasteiger partial charge in [0.1, 0.15) is 0 Å². The molecule has 1 aliphatic rings. The van der Waals surface area contributed by atoms with Crippen LogP contribution in [-0.2, 0) is 6.54 Å². The molecule has 1 aromatic carbocycles. The molecule has 1 fully saturated rings. The van der Waals surface area contributed by atoms with Crippen LogP contribution in [0.25, 0.3) is 10.9 Å². The highest BCUT2D eigenvalue weighted by Gasteiger charge is 2.27. The van der Waals surface area contributed by atoms with Gasteiger partial charge in [0.25, 0.3) is 0 Å². The molecular formula is C12H13BrN2. The molecule has 0 radical (unpaired) electrons. The fourth-order valence-corrected chi connectivity index (χ4v) is 2.66. The van der Waals surface area contributed by atoms with E-state index in [9.17, 15) is 0 Å². The van der Waals surface area contributed by atoms with Gasteiger partial charge in [-0.25, -0.2) is 0 Å². The van der Waals surface area contributed by atoms with Crippen LogP contribution in [0.1, 0.15) is 24.6 Å². The van der Waals surface area contributed by atoms with Crippen LogP contribution in [0.5, 0.6) is 0 Å². The first-order valence-corrected chi connectivity index (χ1v) is 6.09. The van der Waals surface area contributed by atoms with Crippen LogP contribution in [0.4, 0.5) is 0 Å². The van der Waals surface area contributed by atoms with E-state index < -0.39 is 0 Å². The zero-order valence-corrected chi connectivity index (χ0v) is 10.00. The molecule has 0 aliphatic heterocycles. The second kappa shape index (κ2) is 3.35. The van der Waals surface area contributed by atoms with Crippen LogP contribution in [0.15, 0.2) is 28.7 Å². The van der Waals surface area contributed by atoms with Crippen molar-refractivity contribution in [2.24, 2.45) is 5.73 Å². The second-order valence-electron chi connectivity index (χ2n) is 4.11. The van der Waals surface area contributed by atoms with E-state index in [4.69, 9.17) is 5.73 Å². The predicted molar refractivity (Wildman–Crippen MR) is 65.8 cm³/mol. The maximum Gasteiger partial charge on any atom is 0.0497 e. The molecule has 2 nitrogen and oxygen atoms in total. The molecule has 2 N–H and O–H groups in total.